The fourth-order valence-electron chi connectivity index (χ4n) is 7.47. The lowest BCUT2D eigenvalue weighted by Gasteiger charge is -2.40. The van der Waals surface area contributed by atoms with Gasteiger partial charge >= 0.3 is 7.60 Å². The smallest absolute Gasteiger partial charge is 0.347 e. The van der Waals surface area contributed by atoms with E-state index in [1.54, 1.807) is 56.3 Å². The topological polar surface area (TPSA) is 195 Å². The largest absolute Gasteiger partial charge is 0.378 e. The predicted molar refractivity (Wildman–Crippen MR) is 203 cm³/mol. The molecule has 4 amide bonds. The van der Waals surface area contributed by atoms with Crippen LogP contribution in [0.1, 0.15) is 79.7 Å². The lowest BCUT2D eigenvalue weighted by Crippen LogP contribution is -2.58. The van der Waals surface area contributed by atoms with Gasteiger partial charge in [-0.2, -0.15) is 0 Å². The number of nitrogens with zero attached hydrogens (tertiary/aromatic N) is 2. The molecule has 0 bridgehead atoms. The van der Waals surface area contributed by atoms with Crippen LogP contribution < -0.4 is 16.0 Å². The average Bonchev–Trinajstić information content (AvgIpc) is 3.59. The van der Waals surface area contributed by atoms with Gasteiger partial charge in [0.05, 0.1) is 24.1 Å². The minimum Gasteiger partial charge on any atom is -0.378 e. The number of carbonyl (C=O) groups is 5. The van der Waals surface area contributed by atoms with Crippen LogP contribution in [0.2, 0.25) is 0 Å². The highest BCUT2D eigenvalue weighted by atomic mass is 31.2. The van der Waals surface area contributed by atoms with Crippen molar-refractivity contribution in [1.29, 1.82) is 0 Å². The second kappa shape index (κ2) is 21.1. The van der Waals surface area contributed by atoms with Crippen molar-refractivity contribution in [2.45, 2.75) is 117 Å². The Morgan fingerprint density at radius 3 is 2.09 bits per heavy atom. The number of rotatable bonds is 21. The molecule has 9 atom stereocenters. The van der Waals surface area contributed by atoms with Crippen LogP contribution in [0.5, 0.6) is 0 Å². The van der Waals surface area contributed by atoms with E-state index in [1.165, 1.54) is 12.0 Å². The second-order valence-corrected chi connectivity index (χ2v) is 17.0. The summed E-state index contributed by atoms with van der Waals surface area (Å²) in [6.45, 7) is 13.4. The molecule has 1 aromatic carbocycles. The number of methoxy groups -OCH3 is 1. The van der Waals surface area contributed by atoms with Crippen molar-refractivity contribution < 1.29 is 43.1 Å². The number of hydrogen-bond acceptors (Lipinski definition) is 8. The molecule has 0 radical (unpaired) electrons. The van der Waals surface area contributed by atoms with Gasteiger partial charge in [0.25, 0.3) is 0 Å². The molecule has 1 heterocycles. The molecule has 0 saturated carbocycles. The van der Waals surface area contributed by atoms with Gasteiger partial charge in [-0.25, -0.2) is 0 Å². The van der Waals surface area contributed by atoms with Gasteiger partial charge in [-0.15, -0.1) is 0 Å². The molecule has 15 heteroatoms. The summed E-state index contributed by atoms with van der Waals surface area (Å²) >= 11 is 0. The van der Waals surface area contributed by atoms with Crippen molar-refractivity contribution >= 4 is 37.5 Å². The lowest BCUT2D eigenvalue weighted by atomic mass is 9.84. The first kappa shape index (κ1) is 46.0. The summed E-state index contributed by atoms with van der Waals surface area (Å²) in [6, 6.07) is 6.18. The third-order valence-electron chi connectivity index (χ3n) is 10.7. The molecule has 1 aromatic rings. The number of likely N-dealkylation sites (N-methyl/N-ethyl adjacent to an activating group) is 2. The summed E-state index contributed by atoms with van der Waals surface area (Å²) < 4.78 is 18.2. The molecule has 0 spiro atoms. The van der Waals surface area contributed by atoms with Crippen molar-refractivity contribution in [3.05, 3.63) is 35.9 Å². The van der Waals surface area contributed by atoms with E-state index in [2.05, 4.69) is 16.0 Å². The van der Waals surface area contributed by atoms with Crippen LogP contribution in [0.15, 0.2) is 30.3 Å². The van der Waals surface area contributed by atoms with Crippen molar-refractivity contribution in [3.63, 3.8) is 0 Å². The van der Waals surface area contributed by atoms with Gasteiger partial charge in [0, 0.05) is 45.5 Å². The van der Waals surface area contributed by atoms with Gasteiger partial charge < -0.3 is 45.1 Å². The molecule has 2 unspecified atom stereocenters. The van der Waals surface area contributed by atoms with Crippen LogP contribution in [-0.2, 0) is 39.7 Å². The van der Waals surface area contributed by atoms with E-state index >= 15 is 0 Å². The SMILES string of the molecule is CCC(C)[C@@H]([C@H](C=O)CC(=O)N1CCC[C@H]1[C@H](OC)[C@H](C)C(=O)NC(Cc1ccccc1)P(=O)(O)O)N(C)C(=O)[C@@H](NC(=O)[C@@H](NC)C(C)C)C(C)C. The maximum Gasteiger partial charge on any atom is 0.347 e. The fraction of sp³-hybridized carbons (Fsp3) is 0.711. The van der Waals surface area contributed by atoms with Crippen molar-refractivity contribution in [1.82, 2.24) is 25.8 Å². The first-order valence-electron chi connectivity index (χ1n) is 18.8. The molecule has 1 aliphatic heterocycles. The van der Waals surface area contributed by atoms with Crippen LogP contribution in [0.4, 0.5) is 0 Å². The number of ether oxygens (including phenoxy) is 1. The van der Waals surface area contributed by atoms with Gasteiger partial charge in [0.2, 0.25) is 23.6 Å². The normalized spacial score (nSPS) is 19.4. The Kier molecular flexibility index (Phi) is 18.3. The van der Waals surface area contributed by atoms with E-state index in [9.17, 15) is 38.3 Å². The number of amides is 4. The second-order valence-electron chi connectivity index (χ2n) is 15.2. The molecule has 5 N–H and O–H groups in total. The number of nitrogens with one attached hydrogen (secondary N) is 3. The van der Waals surface area contributed by atoms with Gasteiger partial charge in [-0.1, -0.05) is 85.2 Å². The summed E-state index contributed by atoms with van der Waals surface area (Å²) in [5, 5.41) is 8.45. The van der Waals surface area contributed by atoms with Crippen LogP contribution in [0.25, 0.3) is 0 Å². The van der Waals surface area contributed by atoms with Crippen molar-refractivity contribution in [2.24, 2.45) is 29.6 Å². The van der Waals surface area contributed by atoms with E-state index < -0.39 is 61.4 Å². The Bertz CT molecular complexity index is 1410. The first-order chi connectivity index (χ1) is 24.8. The van der Waals surface area contributed by atoms with E-state index in [-0.39, 0.29) is 48.3 Å². The Hall–Kier alpha value is -3.16. The minimum absolute atomic E-state index is 0.0141. The van der Waals surface area contributed by atoms with Crippen LogP contribution in [0, 0.1) is 29.6 Å². The Morgan fingerprint density at radius 2 is 1.60 bits per heavy atom. The molecular weight excluding hydrogens is 701 g/mol. The van der Waals surface area contributed by atoms with E-state index in [0.29, 0.717) is 31.4 Å². The summed E-state index contributed by atoms with van der Waals surface area (Å²) in [4.78, 5) is 90.8. The van der Waals surface area contributed by atoms with Crippen molar-refractivity contribution in [2.75, 3.05) is 27.7 Å². The average molecular weight is 766 g/mol. The quantitative estimate of drug-likeness (QED) is 0.0918. The van der Waals surface area contributed by atoms with Crippen LogP contribution in [-0.4, -0.2) is 113 Å². The highest BCUT2D eigenvalue weighted by molar-refractivity contribution is 7.52. The van der Waals surface area contributed by atoms with Crippen LogP contribution >= 0.6 is 7.60 Å². The number of carbonyl (C=O) groups excluding carboxylic acids is 5. The molecule has 300 valence electrons. The van der Waals surface area contributed by atoms with Crippen LogP contribution in [0.3, 0.4) is 0 Å². The lowest BCUT2D eigenvalue weighted by molar-refractivity contribution is -0.145. The number of likely N-dealkylation sites (tertiary alicyclic amines) is 1. The third-order valence-corrected chi connectivity index (χ3v) is 11.8. The summed E-state index contributed by atoms with van der Waals surface area (Å²) in [6.07, 6.45) is 1.43. The summed E-state index contributed by atoms with van der Waals surface area (Å²) in [7, 11) is 0.0000891. The predicted octanol–water partition coefficient (Wildman–Crippen LogP) is 2.95. The molecule has 1 aliphatic rings. The third kappa shape index (κ3) is 12.4. The zero-order valence-electron chi connectivity index (χ0n) is 33.2. The van der Waals surface area contributed by atoms with Gasteiger partial charge in [0.1, 0.15) is 18.1 Å². The molecular formula is C38H64N5O9P. The first-order valence-corrected chi connectivity index (χ1v) is 20.4. The summed E-state index contributed by atoms with van der Waals surface area (Å²) in [5.74, 6) is -5.23. The Labute approximate surface area is 315 Å². The maximum absolute atomic E-state index is 14.1. The molecule has 1 saturated heterocycles. The van der Waals surface area contributed by atoms with Gasteiger partial charge in [-0.05, 0) is 43.2 Å². The molecule has 1 fully saturated rings. The molecule has 0 aromatic heterocycles. The zero-order valence-corrected chi connectivity index (χ0v) is 34.0. The molecule has 53 heavy (non-hydrogen) atoms. The highest BCUT2D eigenvalue weighted by Crippen LogP contribution is 2.41. The maximum atomic E-state index is 14.1. The highest BCUT2D eigenvalue weighted by Gasteiger charge is 2.43. The van der Waals surface area contributed by atoms with E-state index in [0.717, 1.165) is 6.29 Å². The standard InChI is InChI=1S/C38H64N5O9P/c1-11-25(6)34(42(9)38(48)33(24(4)5)41-37(47)32(39-8)23(2)3)28(22-44)21-31(45)43-19-15-18-29(43)35(52-10)26(7)36(46)40-30(53(49,50)51)20-27-16-13-12-14-17-27/h12-14,16-17,22-26,28-30,32-35,39H,11,15,18-21H2,1-10H3,(H,40,46)(H,41,47)(H2,49,50,51)/t25?,26-,28-,29-,30?,32-,33-,34-,35+/m0/s1. The fourth-order valence-corrected chi connectivity index (χ4v) is 8.21. The number of aldehydes is 1. The van der Waals surface area contributed by atoms with E-state index in [4.69, 9.17) is 4.74 Å². The van der Waals surface area contributed by atoms with Gasteiger partial charge in [-0.3, -0.25) is 23.7 Å². The number of benzene rings is 1. The van der Waals surface area contributed by atoms with Crippen molar-refractivity contribution in [3.8, 4) is 0 Å². The summed E-state index contributed by atoms with van der Waals surface area (Å²) in [5.41, 5.74) is 0.649. The molecule has 2 rings (SSSR count). The Balaban J connectivity index is 2.29. The Morgan fingerprint density at radius 1 is 1.00 bits per heavy atom. The number of hydrogen-bond donors (Lipinski definition) is 5. The minimum atomic E-state index is -4.73. The van der Waals surface area contributed by atoms with Gasteiger partial charge in [0.15, 0.2) is 0 Å². The van der Waals surface area contributed by atoms with E-state index in [1.807, 2.05) is 41.5 Å². The molecule has 14 nitrogen and oxygen atoms in total. The zero-order chi connectivity index (χ0) is 40.2. The molecule has 0 aliphatic carbocycles. The monoisotopic (exact) mass is 765 g/mol.